The standard InChI is InChI=1S/C10H18N4O2/c1-6(2)14-8-7(12(4)10(14)16)11(3)9(15)13(8)5/h6-8H,1-5H3/t7-,8+/m1/s1. The Bertz CT molecular complexity index is 344. The van der Waals surface area contributed by atoms with Gasteiger partial charge in [-0.1, -0.05) is 0 Å². The molecule has 0 spiro atoms. The summed E-state index contributed by atoms with van der Waals surface area (Å²) in [6.07, 6.45) is -0.345. The van der Waals surface area contributed by atoms with Crippen LogP contribution in [0.2, 0.25) is 0 Å². The Morgan fingerprint density at radius 2 is 1.31 bits per heavy atom. The summed E-state index contributed by atoms with van der Waals surface area (Å²) in [5, 5.41) is 0. The van der Waals surface area contributed by atoms with Crippen molar-refractivity contribution in [2.45, 2.75) is 32.2 Å². The molecular formula is C10H18N4O2. The Kier molecular flexibility index (Phi) is 2.25. The third-order valence-electron chi connectivity index (χ3n) is 3.42. The van der Waals surface area contributed by atoms with Gasteiger partial charge in [0.15, 0.2) is 0 Å². The molecular weight excluding hydrogens is 208 g/mol. The number of nitrogens with zero attached hydrogens (tertiary/aromatic N) is 4. The zero-order valence-corrected chi connectivity index (χ0v) is 10.3. The van der Waals surface area contributed by atoms with Gasteiger partial charge in [0.05, 0.1) is 0 Å². The molecule has 4 amide bonds. The van der Waals surface area contributed by atoms with E-state index in [1.165, 1.54) is 0 Å². The highest BCUT2D eigenvalue weighted by Gasteiger charge is 2.56. The van der Waals surface area contributed by atoms with E-state index in [0.29, 0.717) is 0 Å². The number of hydrogen-bond acceptors (Lipinski definition) is 2. The van der Waals surface area contributed by atoms with E-state index in [9.17, 15) is 9.59 Å². The number of urea groups is 2. The topological polar surface area (TPSA) is 47.1 Å². The minimum absolute atomic E-state index is 0.0174. The Morgan fingerprint density at radius 3 is 1.81 bits per heavy atom. The zero-order chi connectivity index (χ0) is 12.2. The Morgan fingerprint density at radius 1 is 0.875 bits per heavy atom. The van der Waals surface area contributed by atoms with Crippen LogP contribution in [-0.4, -0.2) is 71.2 Å². The minimum atomic E-state index is -0.174. The zero-order valence-electron chi connectivity index (χ0n) is 10.3. The number of likely N-dealkylation sites (N-methyl/N-ethyl adjacent to an activating group) is 3. The molecule has 0 aromatic rings. The maximum atomic E-state index is 12.0. The van der Waals surface area contributed by atoms with Crippen LogP contribution >= 0.6 is 0 Å². The van der Waals surface area contributed by atoms with Gasteiger partial charge in [0.1, 0.15) is 12.3 Å². The Balaban J connectivity index is 2.40. The van der Waals surface area contributed by atoms with E-state index >= 15 is 0 Å². The summed E-state index contributed by atoms with van der Waals surface area (Å²) in [5.41, 5.74) is 0. The highest BCUT2D eigenvalue weighted by Crippen LogP contribution is 2.33. The van der Waals surface area contributed by atoms with Crippen LogP contribution in [0.5, 0.6) is 0 Å². The van der Waals surface area contributed by atoms with Crippen LogP contribution in [0.15, 0.2) is 0 Å². The van der Waals surface area contributed by atoms with Crippen molar-refractivity contribution in [3.63, 3.8) is 0 Å². The monoisotopic (exact) mass is 226 g/mol. The molecule has 2 fully saturated rings. The SMILES string of the molecule is CC(C)N1C(=O)N(C)[C@@H]2[C@H]1N(C)C(=O)N2C. The number of carbonyl (C=O) groups excluding carboxylic acids is 2. The van der Waals surface area contributed by atoms with Crippen LogP contribution in [0.25, 0.3) is 0 Å². The fraction of sp³-hybridized carbons (Fsp3) is 0.800. The van der Waals surface area contributed by atoms with Gasteiger partial charge in [0, 0.05) is 27.2 Å². The normalized spacial score (nSPS) is 29.9. The van der Waals surface area contributed by atoms with E-state index < -0.39 is 0 Å². The maximum Gasteiger partial charge on any atom is 0.323 e. The van der Waals surface area contributed by atoms with Gasteiger partial charge >= 0.3 is 12.1 Å². The Labute approximate surface area is 95.4 Å². The van der Waals surface area contributed by atoms with E-state index in [-0.39, 0.29) is 30.4 Å². The maximum absolute atomic E-state index is 12.0. The van der Waals surface area contributed by atoms with Crippen molar-refractivity contribution in [2.24, 2.45) is 0 Å². The summed E-state index contributed by atoms with van der Waals surface area (Å²) < 4.78 is 0. The van der Waals surface area contributed by atoms with Crippen LogP contribution in [-0.2, 0) is 0 Å². The lowest BCUT2D eigenvalue weighted by Crippen LogP contribution is -2.47. The van der Waals surface area contributed by atoms with Crippen molar-refractivity contribution in [3.05, 3.63) is 0 Å². The molecule has 0 aromatic carbocycles. The van der Waals surface area contributed by atoms with E-state index in [2.05, 4.69) is 0 Å². The molecule has 0 N–H and O–H groups in total. The second-order valence-electron chi connectivity index (χ2n) is 4.73. The molecule has 0 unspecified atom stereocenters. The smallest absolute Gasteiger partial charge is 0.303 e. The van der Waals surface area contributed by atoms with Crippen molar-refractivity contribution >= 4 is 12.1 Å². The predicted octanol–water partition coefficient (Wildman–Crippen LogP) is 0.412. The summed E-state index contributed by atoms with van der Waals surface area (Å²) in [4.78, 5) is 30.5. The molecule has 0 radical (unpaired) electrons. The number of hydrogen-bond donors (Lipinski definition) is 0. The lowest BCUT2D eigenvalue weighted by atomic mass is 10.3. The molecule has 0 bridgehead atoms. The quantitative estimate of drug-likeness (QED) is 0.650. The first-order valence-corrected chi connectivity index (χ1v) is 5.42. The van der Waals surface area contributed by atoms with E-state index in [1.54, 1.807) is 40.7 Å². The van der Waals surface area contributed by atoms with E-state index in [1.807, 2.05) is 13.8 Å². The fourth-order valence-corrected chi connectivity index (χ4v) is 2.60. The minimum Gasteiger partial charge on any atom is -0.303 e. The molecule has 2 heterocycles. The van der Waals surface area contributed by atoms with Crippen LogP contribution in [0.3, 0.4) is 0 Å². The van der Waals surface area contributed by atoms with Gasteiger partial charge in [-0.2, -0.15) is 0 Å². The molecule has 2 atom stereocenters. The van der Waals surface area contributed by atoms with Gasteiger partial charge in [0.25, 0.3) is 0 Å². The molecule has 6 nitrogen and oxygen atoms in total. The first-order valence-electron chi connectivity index (χ1n) is 5.42. The van der Waals surface area contributed by atoms with Crippen molar-refractivity contribution in [1.82, 2.24) is 19.6 Å². The molecule has 2 aliphatic heterocycles. The molecule has 90 valence electrons. The number of carbonyl (C=O) groups is 2. The number of amides is 4. The van der Waals surface area contributed by atoms with Gasteiger partial charge in [-0.05, 0) is 13.8 Å². The number of rotatable bonds is 1. The second-order valence-corrected chi connectivity index (χ2v) is 4.73. The molecule has 2 rings (SSSR count). The molecule has 0 aliphatic carbocycles. The van der Waals surface area contributed by atoms with Crippen LogP contribution < -0.4 is 0 Å². The van der Waals surface area contributed by atoms with Gasteiger partial charge in [-0.25, -0.2) is 9.59 Å². The van der Waals surface area contributed by atoms with Crippen LogP contribution in [0, 0.1) is 0 Å². The van der Waals surface area contributed by atoms with Crippen molar-refractivity contribution in [1.29, 1.82) is 0 Å². The first kappa shape index (κ1) is 11.0. The summed E-state index contributed by atoms with van der Waals surface area (Å²) in [5.74, 6) is 0. The van der Waals surface area contributed by atoms with Gasteiger partial charge in [-0.15, -0.1) is 0 Å². The summed E-state index contributed by atoms with van der Waals surface area (Å²) in [7, 11) is 5.22. The predicted molar refractivity (Wildman–Crippen MR) is 58.6 cm³/mol. The second kappa shape index (κ2) is 3.26. The molecule has 2 aliphatic rings. The highest BCUT2D eigenvalue weighted by atomic mass is 16.2. The summed E-state index contributed by atoms with van der Waals surface area (Å²) >= 11 is 0. The third-order valence-corrected chi connectivity index (χ3v) is 3.42. The first-order chi connectivity index (χ1) is 7.37. The lowest BCUT2D eigenvalue weighted by molar-refractivity contribution is 0.124. The molecule has 0 saturated carbocycles. The molecule has 6 heteroatoms. The van der Waals surface area contributed by atoms with Crippen molar-refractivity contribution < 1.29 is 9.59 Å². The van der Waals surface area contributed by atoms with Crippen molar-refractivity contribution in [3.8, 4) is 0 Å². The molecule has 0 aromatic heterocycles. The van der Waals surface area contributed by atoms with Gasteiger partial charge in [-0.3, -0.25) is 4.90 Å². The largest absolute Gasteiger partial charge is 0.323 e. The fourth-order valence-electron chi connectivity index (χ4n) is 2.60. The van der Waals surface area contributed by atoms with Crippen LogP contribution in [0.1, 0.15) is 13.8 Å². The van der Waals surface area contributed by atoms with Crippen LogP contribution in [0.4, 0.5) is 9.59 Å². The van der Waals surface area contributed by atoms with E-state index in [0.717, 1.165) is 0 Å². The average molecular weight is 226 g/mol. The van der Waals surface area contributed by atoms with Crippen molar-refractivity contribution in [2.75, 3.05) is 21.1 Å². The number of fused-ring (bicyclic) bond motifs is 1. The summed E-state index contributed by atoms with van der Waals surface area (Å²) in [6, 6.07) is 0.0305. The highest BCUT2D eigenvalue weighted by molar-refractivity contribution is 5.84. The van der Waals surface area contributed by atoms with E-state index in [4.69, 9.17) is 0 Å². The van der Waals surface area contributed by atoms with Gasteiger partial charge in [0.2, 0.25) is 0 Å². The lowest BCUT2D eigenvalue weighted by Gasteiger charge is -2.29. The molecule has 2 saturated heterocycles. The molecule has 16 heavy (non-hydrogen) atoms. The summed E-state index contributed by atoms with van der Waals surface area (Å²) in [6.45, 7) is 3.93. The third kappa shape index (κ3) is 1.12. The Hall–Kier alpha value is -1.46. The average Bonchev–Trinajstić information content (AvgIpc) is 2.59. The van der Waals surface area contributed by atoms with Gasteiger partial charge < -0.3 is 14.7 Å².